The maximum absolute atomic E-state index is 12.0. The molecular formula is C14H22N2O3S. The van der Waals surface area contributed by atoms with Crippen LogP contribution in [0.15, 0.2) is 0 Å². The van der Waals surface area contributed by atoms with E-state index in [1.165, 1.54) is 11.3 Å². The average molecular weight is 298 g/mol. The normalized spacial score (nSPS) is 10.5. The number of carboxylic acids is 1. The van der Waals surface area contributed by atoms with Crippen molar-refractivity contribution in [3.8, 4) is 0 Å². The number of nitrogens with zero attached hydrogens (tertiary/aromatic N) is 1. The molecule has 0 saturated carbocycles. The summed E-state index contributed by atoms with van der Waals surface area (Å²) in [5.41, 5.74) is 0.797. The molecule has 0 aromatic carbocycles. The second-order valence-corrected chi connectivity index (χ2v) is 5.77. The lowest BCUT2D eigenvalue weighted by atomic mass is 10.1. The molecule has 0 aliphatic heterocycles. The van der Waals surface area contributed by atoms with Gasteiger partial charge in [-0.3, -0.25) is 9.59 Å². The predicted molar refractivity (Wildman–Crippen MR) is 79.3 cm³/mol. The van der Waals surface area contributed by atoms with Crippen LogP contribution in [-0.4, -0.2) is 28.5 Å². The molecular weight excluding hydrogens is 276 g/mol. The summed E-state index contributed by atoms with van der Waals surface area (Å²) < 4.78 is 0. The average Bonchev–Trinajstić information content (AvgIpc) is 2.78. The Morgan fingerprint density at radius 3 is 2.55 bits per heavy atom. The van der Waals surface area contributed by atoms with Crippen molar-refractivity contribution in [1.82, 2.24) is 10.3 Å². The zero-order valence-corrected chi connectivity index (χ0v) is 12.9. The molecule has 0 aliphatic rings. The Balaban J connectivity index is 2.20. The second kappa shape index (κ2) is 8.68. The molecule has 0 radical (unpaired) electrons. The molecule has 0 atom stereocenters. The Morgan fingerprint density at radius 2 is 1.95 bits per heavy atom. The standard InChI is InChI=1S/C14H22N2O3S/c1-3-11-16-10(2)13(20-11)14(19)15-9-7-5-4-6-8-12(17)18/h3-9H2,1-2H3,(H,15,19)(H,17,18). The third-order valence-electron chi connectivity index (χ3n) is 2.95. The molecule has 0 unspecified atom stereocenters. The number of hydrogen-bond donors (Lipinski definition) is 2. The first-order chi connectivity index (χ1) is 9.54. The van der Waals surface area contributed by atoms with Crippen molar-refractivity contribution in [2.45, 2.75) is 52.4 Å². The van der Waals surface area contributed by atoms with E-state index in [0.717, 1.165) is 36.4 Å². The maximum Gasteiger partial charge on any atom is 0.303 e. The van der Waals surface area contributed by atoms with Gasteiger partial charge in [0.2, 0.25) is 0 Å². The van der Waals surface area contributed by atoms with Gasteiger partial charge >= 0.3 is 5.97 Å². The van der Waals surface area contributed by atoms with E-state index in [2.05, 4.69) is 10.3 Å². The molecule has 1 rings (SSSR count). The number of carboxylic acid groups (broad SMARTS) is 1. The van der Waals surface area contributed by atoms with Crippen LogP contribution >= 0.6 is 11.3 Å². The monoisotopic (exact) mass is 298 g/mol. The summed E-state index contributed by atoms with van der Waals surface area (Å²) in [5.74, 6) is -0.795. The third kappa shape index (κ3) is 5.69. The van der Waals surface area contributed by atoms with Crippen LogP contribution in [0.25, 0.3) is 0 Å². The van der Waals surface area contributed by atoms with Gasteiger partial charge in [0.15, 0.2) is 0 Å². The number of amides is 1. The van der Waals surface area contributed by atoms with Crippen molar-refractivity contribution in [1.29, 1.82) is 0 Å². The zero-order valence-electron chi connectivity index (χ0n) is 12.1. The Labute approximate surface area is 123 Å². The number of aryl methyl sites for hydroxylation is 2. The highest BCUT2D eigenvalue weighted by Gasteiger charge is 2.13. The fraction of sp³-hybridized carbons (Fsp3) is 0.643. The lowest BCUT2D eigenvalue weighted by molar-refractivity contribution is -0.137. The molecule has 6 heteroatoms. The van der Waals surface area contributed by atoms with Crippen LogP contribution in [0.5, 0.6) is 0 Å². The number of carbonyl (C=O) groups excluding carboxylic acids is 1. The van der Waals surface area contributed by atoms with Crippen molar-refractivity contribution in [3.05, 3.63) is 15.6 Å². The topological polar surface area (TPSA) is 79.3 Å². The lowest BCUT2D eigenvalue weighted by Crippen LogP contribution is -2.24. The number of carbonyl (C=O) groups is 2. The fourth-order valence-electron chi connectivity index (χ4n) is 1.85. The van der Waals surface area contributed by atoms with Crippen LogP contribution in [0, 0.1) is 6.92 Å². The molecule has 0 fully saturated rings. The molecule has 5 nitrogen and oxygen atoms in total. The molecule has 0 spiro atoms. The molecule has 0 saturated heterocycles. The number of nitrogens with one attached hydrogen (secondary N) is 1. The van der Waals surface area contributed by atoms with E-state index in [4.69, 9.17) is 5.11 Å². The Bertz CT molecular complexity index is 457. The van der Waals surface area contributed by atoms with Crippen molar-refractivity contribution in [2.24, 2.45) is 0 Å². The van der Waals surface area contributed by atoms with Gasteiger partial charge in [0.25, 0.3) is 5.91 Å². The first kappa shape index (κ1) is 16.6. The molecule has 1 amide bonds. The summed E-state index contributed by atoms with van der Waals surface area (Å²) in [4.78, 5) is 27.3. The highest BCUT2D eigenvalue weighted by Crippen LogP contribution is 2.18. The van der Waals surface area contributed by atoms with Gasteiger partial charge in [0, 0.05) is 13.0 Å². The molecule has 0 bridgehead atoms. The maximum atomic E-state index is 12.0. The van der Waals surface area contributed by atoms with Gasteiger partial charge in [-0.1, -0.05) is 19.8 Å². The summed E-state index contributed by atoms with van der Waals surface area (Å²) in [6, 6.07) is 0. The zero-order chi connectivity index (χ0) is 15.0. The van der Waals surface area contributed by atoms with Crippen molar-refractivity contribution < 1.29 is 14.7 Å². The minimum atomic E-state index is -0.745. The van der Waals surface area contributed by atoms with E-state index in [1.807, 2.05) is 13.8 Å². The first-order valence-electron chi connectivity index (χ1n) is 7.01. The Morgan fingerprint density at radius 1 is 1.25 bits per heavy atom. The van der Waals surface area contributed by atoms with Gasteiger partial charge in [0.05, 0.1) is 10.7 Å². The lowest BCUT2D eigenvalue weighted by Gasteiger charge is -2.03. The number of hydrogen-bond acceptors (Lipinski definition) is 4. The van der Waals surface area contributed by atoms with Gasteiger partial charge in [0.1, 0.15) is 4.88 Å². The Kier molecular flexibility index (Phi) is 7.22. The summed E-state index contributed by atoms with van der Waals surface area (Å²) in [7, 11) is 0. The first-order valence-corrected chi connectivity index (χ1v) is 7.82. The Hall–Kier alpha value is -1.43. The second-order valence-electron chi connectivity index (χ2n) is 4.69. The number of aromatic nitrogens is 1. The minimum absolute atomic E-state index is 0.0507. The van der Waals surface area contributed by atoms with E-state index < -0.39 is 5.97 Å². The summed E-state index contributed by atoms with van der Waals surface area (Å²) in [6.07, 6.45) is 4.49. The van der Waals surface area contributed by atoms with Crippen LogP contribution in [0.1, 0.15) is 59.4 Å². The van der Waals surface area contributed by atoms with Gasteiger partial charge in [-0.25, -0.2) is 4.98 Å². The van der Waals surface area contributed by atoms with Gasteiger partial charge in [-0.05, 0) is 26.2 Å². The van der Waals surface area contributed by atoms with Gasteiger partial charge in [-0.2, -0.15) is 0 Å². The molecule has 1 heterocycles. The number of rotatable bonds is 9. The van der Waals surface area contributed by atoms with E-state index in [1.54, 1.807) is 0 Å². The van der Waals surface area contributed by atoms with E-state index in [-0.39, 0.29) is 12.3 Å². The number of thiazole rings is 1. The van der Waals surface area contributed by atoms with Crippen molar-refractivity contribution >= 4 is 23.2 Å². The fourth-order valence-corrected chi connectivity index (χ4v) is 2.77. The molecule has 1 aromatic heterocycles. The summed E-state index contributed by atoms with van der Waals surface area (Å²) >= 11 is 1.45. The molecule has 0 aliphatic carbocycles. The summed E-state index contributed by atoms with van der Waals surface area (Å²) in [6.45, 7) is 4.51. The quantitative estimate of drug-likeness (QED) is 0.687. The smallest absolute Gasteiger partial charge is 0.303 e. The van der Waals surface area contributed by atoms with Crippen molar-refractivity contribution in [2.75, 3.05) is 6.54 Å². The van der Waals surface area contributed by atoms with E-state index in [9.17, 15) is 9.59 Å². The van der Waals surface area contributed by atoms with E-state index in [0.29, 0.717) is 17.8 Å². The van der Waals surface area contributed by atoms with Crippen molar-refractivity contribution in [3.63, 3.8) is 0 Å². The van der Waals surface area contributed by atoms with Crippen LogP contribution in [0.4, 0.5) is 0 Å². The predicted octanol–water partition coefficient (Wildman–Crippen LogP) is 2.78. The molecule has 2 N–H and O–H groups in total. The highest BCUT2D eigenvalue weighted by molar-refractivity contribution is 7.13. The molecule has 1 aromatic rings. The number of unbranched alkanes of at least 4 members (excludes halogenated alkanes) is 3. The van der Waals surface area contributed by atoms with Crippen LogP contribution in [0.2, 0.25) is 0 Å². The highest BCUT2D eigenvalue weighted by atomic mass is 32.1. The minimum Gasteiger partial charge on any atom is -0.481 e. The summed E-state index contributed by atoms with van der Waals surface area (Å²) in [5, 5.41) is 12.4. The van der Waals surface area contributed by atoms with Crippen LogP contribution < -0.4 is 5.32 Å². The number of aliphatic carboxylic acids is 1. The van der Waals surface area contributed by atoms with Crippen LogP contribution in [-0.2, 0) is 11.2 Å². The third-order valence-corrected chi connectivity index (χ3v) is 4.25. The largest absolute Gasteiger partial charge is 0.481 e. The van der Waals surface area contributed by atoms with Gasteiger partial charge in [-0.15, -0.1) is 11.3 Å². The van der Waals surface area contributed by atoms with Crippen LogP contribution in [0.3, 0.4) is 0 Å². The van der Waals surface area contributed by atoms with E-state index >= 15 is 0 Å². The molecule has 20 heavy (non-hydrogen) atoms. The van der Waals surface area contributed by atoms with Gasteiger partial charge < -0.3 is 10.4 Å². The molecule has 112 valence electrons. The SMILES string of the molecule is CCc1nc(C)c(C(=O)NCCCCCCC(=O)O)s1.